The third-order valence-electron chi connectivity index (χ3n) is 3.24. The summed E-state index contributed by atoms with van der Waals surface area (Å²) < 4.78 is 0. The fourth-order valence-corrected chi connectivity index (χ4v) is 1.85. The minimum Gasteiger partial charge on any atom is -0.394 e. The molecule has 0 saturated carbocycles. The summed E-state index contributed by atoms with van der Waals surface area (Å²) in [5, 5.41) is 47.2. The average Bonchev–Trinajstić information content (AvgIpc) is 2.46. The van der Waals surface area contributed by atoms with Gasteiger partial charge in [-0.1, -0.05) is 29.8 Å². The SMILES string of the molecule is Cc1ccc(CN(C)C(O)C(O)C(O)C(O)CO)cc1. The van der Waals surface area contributed by atoms with Crippen LogP contribution in [0.3, 0.4) is 0 Å². The minimum atomic E-state index is -1.62. The van der Waals surface area contributed by atoms with Crippen LogP contribution in [-0.2, 0) is 6.54 Å². The topological polar surface area (TPSA) is 104 Å². The predicted molar refractivity (Wildman–Crippen MR) is 73.8 cm³/mol. The van der Waals surface area contributed by atoms with E-state index in [2.05, 4.69) is 0 Å². The maximum atomic E-state index is 9.94. The van der Waals surface area contributed by atoms with Gasteiger partial charge in [-0.15, -0.1) is 0 Å². The zero-order chi connectivity index (χ0) is 15.3. The average molecular weight is 285 g/mol. The molecule has 1 rings (SSSR count). The molecule has 1 aromatic rings. The molecule has 0 spiro atoms. The molecule has 1 aromatic carbocycles. The molecule has 0 aromatic heterocycles. The Balaban J connectivity index is 2.61. The molecule has 0 fully saturated rings. The van der Waals surface area contributed by atoms with Crippen molar-refractivity contribution in [1.82, 2.24) is 4.90 Å². The number of aliphatic hydroxyl groups excluding tert-OH is 5. The van der Waals surface area contributed by atoms with Gasteiger partial charge in [0, 0.05) is 6.54 Å². The Morgan fingerprint density at radius 2 is 1.55 bits per heavy atom. The van der Waals surface area contributed by atoms with Crippen molar-refractivity contribution in [1.29, 1.82) is 0 Å². The number of aliphatic hydroxyl groups is 5. The second kappa shape index (κ2) is 7.68. The van der Waals surface area contributed by atoms with Crippen LogP contribution in [-0.4, -0.2) is 68.6 Å². The summed E-state index contributed by atoms with van der Waals surface area (Å²) in [4.78, 5) is 1.45. The van der Waals surface area contributed by atoms with Gasteiger partial charge in [0.15, 0.2) is 0 Å². The van der Waals surface area contributed by atoms with Crippen LogP contribution in [0.5, 0.6) is 0 Å². The highest BCUT2D eigenvalue weighted by atomic mass is 16.4. The van der Waals surface area contributed by atoms with Crippen molar-refractivity contribution in [3.05, 3.63) is 35.4 Å². The molecule has 0 radical (unpaired) electrons. The molecule has 6 heteroatoms. The van der Waals surface area contributed by atoms with Crippen molar-refractivity contribution < 1.29 is 25.5 Å². The summed E-state index contributed by atoms with van der Waals surface area (Å²) in [6, 6.07) is 7.69. The van der Waals surface area contributed by atoms with Crippen molar-refractivity contribution in [3.63, 3.8) is 0 Å². The quantitative estimate of drug-likeness (QED) is 0.404. The van der Waals surface area contributed by atoms with Crippen LogP contribution in [0.2, 0.25) is 0 Å². The molecule has 4 unspecified atom stereocenters. The lowest BCUT2D eigenvalue weighted by Gasteiger charge is -2.31. The summed E-state index contributed by atoms with van der Waals surface area (Å²) in [5.74, 6) is 0. The summed E-state index contributed by atoms with van der Waals surface area (Å²) in [6.07, 6.45) is -6.04. The van der Waals surface area contributed by atoms with Crippen LogP contribution in [0.15, 0.2) is 24.3 Å². The van der Waals surface area contributed by atoms with Crippen LogP contribution >= 0.6 is 0 Å². The smallest absolute Gasteiger partial charge is 0.136 e. The molecule has 5 N–H and O–H groups in total. The van der Waals surface area contributed by atoms with E-state index in [4.69, 9.17) is 5.11 Å². The lowest BCUT2D eigenvalue weighted by Crippen LogP contribution is -2.51. The second-order valence-corrected chi connectivity index (χ2v) is 5.05. The van der Waals surface area contributed by atoms with Gasteiger partial charge in [-0.25, -0.2) is 0 Å². The van der Waals surface area contributed by atoms with Crippen molar-refractivity contribution in [2.24, 2.45) is 0 Å². The molecular formula is C14H23NO5. The van der Waals surface area contributed by atoms with Crippen LogP contribution in [0.25, 0.3) is 0 Å². The molecule has 114 valence electrons. The van der Waals surface area contributed by atoms with E-state index in [0.29, 0.717) is 6.54 Å². The van der Waals surface area contributed by atoms with Crippen LogP contribution in [0, 0.1) is 6.92 Å². The first-order valence-corrected chi connectivity index (χ1v) is 6.45. The van der Waals surface area contributed by atoms with Crippen molar-refractivity contribution >= 4 is 0 Å². The highest BCUT2D eigenvalue weighted by Gasteiger charge is 2.32. The maximum absolute atomic E-state index is 9.94. The first-order chi connectivity index (χ1) is 9.36. The first kappa shape index (κ1) is 17.0. The zero-order valence-corrected chi connectivity index (χ0v) is 11.7. The molecule has 0 saturated heterocycles. The predicted octanol–water partition coefficient (Wildman–Crippen LogP) is -1.18. The zero-order valence-electron chi connectivity index (χ0n) is 11.7. The highest BCUT2D eigenvalue weighted by molar-refractivity contribution is 5.21. The summed E-state index contributed by atoms with van der Waals surface area (Å²) in [5.41, 5.74) is 2.07. The molecule has 0 aliphatic rings. The lowest BCUT2D eigenvalue weighted by atomic mass is 10.1. The van der Waals surface area contributed by atoms with E-state index in [1.54, 1.807) is 7.05 Å². The Kier molecular flexibility index (Phi) is 6.54. The minimum absolute atomic E-state index is 0.375. The van der Waals surface area contributed by atoms with Crippen LogP contribution in [0.4, 0.5) is 0 Å². The molecular weight excluding hydrogens is 262 g/mol. The number of nitrogens with zero attached hydrogens (tertiary/aromatic N) is 1. The van der Waals surface area contributed by atoms with Gasteiger partial charge < -0.3 is 25.5 Å². The number of aryl methyl sites for hydroxylation is 1. The molecule has 0 aliphatic heterocycles. The van der Waals surface area contributed by atoms with Gasteiger partial charge in [-0.3, -0.25) is 4.90 Å². The summed E-state index contributed by atoms with van der Waals surface area (Å²) in [6.45, 7) is 1.66. The molecule has 0 bridgehead atoms. The second-order valence-electron chi connectivity index (χ2n) is 5.05. The Bertz CT molecular complexity index is 397. The maximum Gasteiger partial charge on any atom is 0.136 e. The molecule has 0 aliphatic carbocycles. The standard InChI is InChI=1S/C14H23NO5/c1-9-3-5-10(6-4-9)7-15(2)14(20)13(19)12(18)11(17)8-16/h3-6,11-14,16-20H,7-8H2,1-2H3. The molecule has 0 heterocycles. The Morgan fingerprint density at radius 1 is 1.00 bits per heavy atom. The number of rotatable bonds is 7. The van der Waals surface area contributed by atoms with Gasteiger partial charge in [-0.05, 0) is 19.5 Å². The van der Waals surface area contributed by atoms with Crippen molar-refractivity contribution in [3.8, 4) is 0 Å². The highest BCUT2D eigenvalue weighted by Crippen LogP contribution is 2.12. The lowest BCUT2D eigenvalue weighted by molar-refractivity contribution is -0.153. The van der Waals surface area contributed by atoms with E-state index in [9.17, 15) is 20.4 Å². The Hall–Kier alpha value is -1.02. The van der Waals surface area contributed by atoms with E-state index in [0.717, 1.165) is 11.1 Å². The monoisotopic (exact) mass is 285 g/mol. The number of hydrogen-bond acceptors (Lipinski definition) is 6. The molecule has 0 amide bonds. The van der Waals surface area contributed by atoms with E-state index >= 15 is 0 Å². The van der Waals surface area contributed by atoms with Crippen molar-refractivity contribution in [2.75, 3.05) is 13.7 Å². The summed E-state index contributed by atoms with van der Waals surface area (Å²) >= 11 is 0. The van der Waals surface area contributed by atoms with Gasteiger partial charge in [0.1, 0.15) is 24.5 Å². The van der Waals surface area contributed by atoms with E-state index in [-0.39, 0.29) is 0 Å². The Morgan fingerprint density at radius 3 is 2.05 bits per heavy atom. The van der Waals surface area contributed by atoms with Crippen LogP contribution < -0.4 is 0 Å². The fourth-order valence-electron chi connectivity index (χ4n) is 1.85. The van der Waals surface area contributed by atoms with Gasteiger partial charge in [-0.2, -0.15) is 0 Å². The normalized spacial score (nSPS) is 17.8. The van der Waals surface area contributed by atoms with E-state index in [1.165, 1.54) is 4.90 Å². The number of hydrogen-bond donors (Lipinski definition) is 5. The molecule has 20 heavy (non-hydrogen) atoms. The summed E-state index contributed by atoms with van der Waals surface area (Å²) in [7, 11) is 1.59. The first-order valence-electron chi connectivity index (χ1n) is 6.45. The molecule has 4 atom stereocenters. The van der Waals surface area contributed by atoms with Crippen molar-refractivity contribution in [2.45, 2.75) is 38.0 Å². The van der Waals surface area contributed by atoms with Gasteiger partial charge in [0.05, 0.1) is 6.61 Å². The van der Waals surface area contributed by atoms with Gasteiger partial charge in [0.2, 0.25) is 0 Å². The van der Waals surface area contributed by atoms with E-state index in [1.807, 2.05) is 31.2 Å². The third kappa shape index (κ3) is 4.52. The van der Waals surface area contributed by atoms with Gasteiger partial charge >= 0.3 is 0 Å². The van der Waals surface area contributed by atoms with Crippen LogP contribution in [0.1, 0.15) is 11.1 Å². The van der Waals surface area contributed by atoms with E-state index < -0.39 is 31.1 Å². The largest absolute Gasteiger partial charge is 0.394 e. The molecule has 6 nitrogen and oxygen atoms in total. The van der Waals surface area contributed by atoms with Gasteiger partial charge in [0.25, 0.3) is 0 Å². The third-order valence-corrected chi connectivity index (χ3v) is 3.24. The Labute approximate surface area is 118 Å². The fraction of sp³-hybridized carbons (Fsp3) is 0.571. The number of benzene rings is 1. The number of likely N-dealkylation sites (N-methyl/N-ethyl adjacent to an activating group) is 1.